The molecular formula is C35H43BrCl2N6O5. The first kappa shape index (κ1) is 35.9. The van der Waals surface area contributed by atoms with Crippen molar-refractivity contribution >= 4 is 68.6 Å². The molecular weight excluding hydrogens is 735 g/mol. The Bertz CT molecular complexity index is 1530. The molecule has 0 saturated carbocycles. The first-order valence-electron chi connectivity index (χ1n) is 17.1. The molecule has 6 rings (SSSR count). The molecule has 3 saturated heterocycles. The lowest BCUT2D eigenvalue weighted by molar-refractivity contribution is -0.143. The second-order valence-corrected chi connectivity index (χ2v) is 15.2. The van der Waals surface area contributed by atoms with Gasteiger partial charge in [-0.2, -0.15) is 0 Å². The fraction of sp³-hybridized carbons (Fsp3) is 0.543. The van der Waals surface area contributed by atoms with E-state index < -0.39 is 11.9 Å². The molecule has 264 valence electrons. The van der Waals surface area contributed by atoms with E-state index >= 15 is 0 Å². The zero-order valence-electron chi connectivity index (χ0n) is 27.5. The van der Waals surface area contributed by atoms with E-state index in [1.165, 1.54) is 0 Å². The van der Waals surface area contributed by atoms with Gasteiger partial charge in [-0.15, -0.1) is 0 Å². The summed E-state index contributed by atoms with van der Waals surface area (Å²) >= 11 is 16.3. The number of hydrogen-bond donors (Lipinski definition) is 2. The van der Waals surface area contributed by atoms with Crippen LogP contribution in [0.25, 0.3) is 0 Å². The lowest BCUT2D eigenvalue weighted by Gasteiger charge is -2.43. The Morgan fingerprint density at radius 2 is 1.49 bits per heavy atom. The van der Waals surface area contributed by atoms with Crippen molar-refractivity contribution in [2.45, 2.75) is 57.2 Å². The highest BCUT2D eigenvalue weighted by atomic mass is 79.9. The quantitative estimate of drug-likeness (QED) is 0.343. The van der Waals surface area contributed by atoms with Gasteiger partial charge in [0.2, 0.25) is 11.8 Å². The largest absolute Gasteiger partial charge is 0.480 e. The van der Waals surface area contributed by atoms with Gasteiger partial charge >= 0.3 is 12.0 Å². The Balaban J connectivity index is 1.07. The van der Waals surface area contributed by atoms with E-state index in [0.29, 0.717) is 72.5 Å². The van der Waals surface area contributed by atoms with Crippen LogP contribution in [0.3, 0.4) is 0 Å². The second-order valence-electron chi connectivity index (χ2n) is 13.6. The molecule has 2 aromatic carbocycles. The van der Waals surface area contributed by atoms with E-state index in [2.05, 4.69) is 26.1 Å². The van der Waals surface area contributed by atoms with Gasteiger partial charge in [0.25, 0.3) is 0 Å². The fourth-order valence-corrected chi connectivity index (χ4v) is 8.49. The van der Waals surface area contributed by atoms with Crippen LogP contribution >= 0.6 is 39.1 Å². The van der Waals surface area contributed by atoms with E-state index in [9.17, 15) is 19.2 Å². The van der Waals surface area contributed by atoms with Gasteiger partial charge in [0.15, 0.2) is 0 Å². The number of carbonyl (C=O) groups excluding carboxylic acids is 3. The maximum Gasteiger partial charge on any atom is 0.322 e. The number of piperazine rings is 1. The molecule has 11 nitrogen and oxygen atoms in total. The summed E-state index contributed by atoms with van der Waals surface area (Å²) in [5, 5.41) is 13.0. The average molecular weight is 779 g/mol. The molecule has 2 aromatic rings. The zero-order valence-corrected chi connectivity index (χ0v) is 30.6. The molecule has 0 bridgehead atoms. The number of aliphatic carboxylic acids is 1. The number of hydrogen-bond acceptors (Lipinski definition) is 6. The number of rotatable bonds is 9. The SMILES string of the molecule is O=C(O)CN1CCN(C2CCN(C(=O)[C@@H](CC(=O)N3CCC(N4Cc5ccccc5NC4=O)CC3)Cc3cc(Cl)c(Br)c(Cl)c3)CC2)CC1. The van der Waals surface area contributed by atoms with Crippen molar-refractivity contribution in [2.24, 2.45) is 5.92 Å². The van der Waals surface area contributed by atoms with Crippen LogP contribution in [0.1, 0.15) is 43.2 Å². The smallest absolute Gasteiger partial charge is 0.322 e. The number of carbonyl (C=O) groups is 4. The van der Waals surface area contributed by atoms with Gasteiger partial charge < -0.3 is 25.1 Å². The first-order valence-corrected chi connectivity index (χ1v) is 18.6. The van der Waals surface area contributed by atoms with Gasteiger partial charge in [-0.25, -0.2) is 4.79 Å². The van der Waals surface area contributed by atoms with Crippen LogP contribution in [0.2, 0.25) is 10.0 Å². The molecule has 2 N–H and O–H groups in total. The molecule has 0 aliphatic carbocycles. The van der Waals surface area contributed by atoms with Crippen LogP contribution in [0.4, 0.5) is 10.5 Å². The van der Waals surface area contributed by atoms with Crippen LogP contribution < -0.4 is 5.32 Å². The summed E-state index contributed by atoms with van der Waals surface area (Å²) in [6.07, 6.45) is 3.45. The molecule has 4 heterocycles. The molecule has 0 unspecified atom stereocenters. The summed E-state index contributed by atoms with van der Waals surface area (Å²) in [5.74, 6) is -1.47. The number of nitrogens with one attached hydrogen (secondary N) is 1. The third-order valence-corrected chi connectivity index (χ3v) is 12.4. The molecule has 0 spiro atoms. The van der Waals surface area contributed by atoms with Gasteiger partial charge in [0.1, 0.15) is 0 Å². The third kappa shape index (κ3) is 8.71. The normalized spacial score (nSPS) is 20.6. The van der Waals surface area contributed by atoms with E-state index in [1.54, 1.807) is 12.1 Å². The molecule has 4 amide bonds. The van der Waals surface area contributed by atoms with Crippen molar-refractivity contribution in [1.29, 1.82) is 0 Å². The maximum atomic E-state index is 14.1. The van der Waals surface area contributed by atoms with Crippen molar-refractivity contribution < 1.29 is 24.3 Å². The van der Waals surface area contributed by atoms with Crippen LogP contribution in [0.5, 0.6) is 0 Å². The molecule has 3 fully saturated rings. The second kappa shape index (κ2) is 16.0. The Hall–Kier alpha value is -2.90. The van der Waals surface area contributed by atoms with Crippen molar-refractivity contribution in [2.75, 3.05) is 64.2 Å². The number of nitrogens with zero attached hydrogens (tertiary/aromatic N) is 5. The first-order chi connectivity index (χ1) is 23.5. The Morgan fingerprint density at radius 3 is 2.14 bits per heavy atom. The monoisotopic (exact) mass is 776 g/mol. The van der Waals surface area contributed by atoms with Crippen molar-refractivity contribution in [3.63, 3.8) is 0 Å². The van der Waals surface area contributed by atoms with Gasteiger partial charge in [0, 0.05) is 83.1 Å². The number of urea groups is 1. The van der Waals surface area contributed by atoms with Crippen molar-refractivity contribution in [1.82, 2.24) is 24.5 Å². The van der Waals surface area contributed by atoms with Crippen LogP contribution in [0.15, 0.2) is 40.9 Å². The lowest BCUT2D eigenvalue weighted by atomic mass is 9.92. The minimum Gasteiger partial charge on any atom is -0.480 e. The van der Waals surface area contributed by atoms with E-state index in [4.69, 9.17) is 28.3 Å². The molecule has 4 aliphatic heterocycles. The number of amides is 4. The Labute approximate surface area is 305 Å². The minimum atomic E-state index is -0.802. The minimum absolute atomic E-state index is 0.0309. The highest BCUT2D eigenvalue weighted by Gasteiger charge is 2.36. The zero-order chi connectivity index (χ0) is 34.7. The molecule has 1 atom stereocenters. The van der Waals surface area contributed by atoms with Crippen LogP contribution in [0, 0.1) is 5.92 Å². The highest BCUT2D eigenvalue weighted by Crippen LogP contribution is 2.34. The number of anilines is 1. The van der Waals surface area contributed by atoms with Crippen LogP contribution in [-0.2, 0) is 27.3 Å². The third-order valence-electron chi connectivity index (χ3n) is 10.5. The number of piperidine rings is 2. The number of halogens is 3. The summed E-state index contributed by atoms with van der Waals surface area (Å²) in [7, 11) is 0. The van der Waals surface area contributed by atoms with Gasteiger partial charge in [-0.1, -0.05) is 41.4 Å². The molecule has 0 aromatic heterocycles. The van der Waals surface area contributed by atoms with Gasteiger partial charge in [0.05, 0.1) is 27.0 Å². The van der Waals surface area contributed by atoms with E-state index in [-0.39, 0.29) is 36.9 Å². The number of fused-ring (bicyclic) bond motifs is 1. The average Bonchev–Trinajstić information content (AvgIpc) is 3.10. The van der Waals surface area contributed by atoms with Crippen molar-refractivity contribution in [3.05, 3.63) is 62.0 Å². The van der Waals surface area contributed by atoms with Gasteiger partial charge in [-0.05, 0) is 77.4 Å². The lowest BCUT2D eigenvalue weighted by Crippen LogP contribution is -2.55. The predicted molar refractivity (Wildman–Crippen MR) is 192 cm³/mol. The van der Waals surface area contributed by atoms with Crippen LogP contribution in [-0.4, -0.2) is 124 Å². The molecule has 14 heteroatoms. The maximum absolute atomic E-state index is 14.1. The molecule has 49 heavy (non-hydrogen) atoms. The van der Waals surface area contributed by atoms with Crippen molar-refractivity contribution in [3.8, 4) is 0 Å². The fourth-order valence-electron chi connectivity index (χ4n) is 7.73. The summed E-state index contributed by atoms with van der Waals surface area (Å²) in [5.41, 5.74) is 2.73. The Kier molecular flexibility index (Phi) is 11.7. The standard InChI is InChI=1S/C35H43BrCl2N6O5/c36-33-28(37)18-23(19-29(33)38)17-25(34(48)43-11-5-26(6-12-43)41-15-13-40(14-16-41)22-32(46)47)20-31(45)42-9-7-27(8-10-42)44-21-24-3-1-2-4-30(24)39-35(44)49/h1-4,18-19,25-27H,5-17,20-22H2,(H,39,49)(H,46,47)/t25-/m1/s1. The Morgan fingerprint density at radius 1 is 0.878 bits per heavy atom. The topological polar surface area (TPSA) is 117 Å². The molecule has 4 aliphatic rings. The van der Waals surface area contributed by atoms with E-state index in [0.717, 1.165) is 55.8 Å². The summed E-state index contributed by atoms with van der Waals surface area (Å²) < 4.78 is 0.596. The number of likely N-dealkylation sites (tertiary alicyclic amines) is 2. The number of carboxylic acids is 1. The molecule has 0 radical (unpaired) electrons. The van der Waals surface area contributed by atoms with Gasteiger partial charge in [-0.3, -0.25) is 24.2 Å². The predicted octanol–water partition coefficient (Wildman–Crippen LogP) is 5.04. The summed E-state index contributed by atoms with van der Waals surface area (Å²) in [6, 6.07) is 11.7. The highest BCUT2D eigenvalue weighted by molar-refractivity contribution is 9.10. The van der Waals surface area contributed by atoms with E-state index in [1.807, 2.05) is 43.9 Å². The summed E-state index contributed by atoms with van der Waals surface area (Å²) in [6.45, 7) is 5.98. The number of benzene rings is 2. The summed E-state index contributed by atoms with van der Waals surface area (Å²) in [4.78, 5) is 61.9. The number of para-hydroxylation sites is 1. The number of carboxylic acid groups (broad SMARTS) is 1.